The Morgan fingerprint density at radius 3 is 2.73 bits per heavy atom. The van der Waals surface area contributed by atoms with Crippen LogP contribution in [-0.4, -0.2) is 72.9 Å². The molecule has 1 aromatic heterocycles. The first-order valence-corrected chi connectivity index (χ1v) is 12.8. The van der Waals surface area contributed by atoms with Crippen LogP contribution in [0, 0.1) is 0 Å². The molecule has 0 radical (unpaired) electrons. The van der Waals surface area contributed by atoms with Crippen molar-refractivity contribution in [3.8, 4) is 5.75 Å². The number of hydrogen-bond acceptors (Lipinski definition) is 7. The number of ether oxygens (including phenoxy) is 3. The largest absolute Gasteiger partial charge is 0.491 e. The molecule has 0 aliphatic carbocycles. The zero-order chi connectivity index (χ0) is 26.2. The second-order valence-corrected chi connectivity index (χ2v) is 9.40. The van der Waals surface area contributed by atoms with Crippen molar-refractivity contribution >= 4 is 22.9 Å². The van der Waals surface area contributed by atoms with E-state index in [4.69, 9.17) is 24.9 Å². The highest BCUT2D eigenvalue weighted by molar-refractivity contribution is 5.92. The Morgan fingerprint density at radius 2 is 1.92 bits per heavy atom. The maximum absolute atomic E-state index is 13.2. The molecular weight excluding hydrogens is 472 g/mol. The van der Waals surface area contributed by atoms with Gasteiger partial charge in [0.2, 0.25) is 5.91 Å². The molecule has 1 aliphatic rings. The number of likely N-dealkylation sites (tertiary alicyclic amines) is 1. The Bertz CT molecular complexity index is 1210. The average molecular weight is 509 g/mol. The second kappa shape index (κ2) is 12.7. The SMILES string of the molecule is COCCCn1c(C2CCCN(C(=O)CC(N)COc3ccccc3C(=O)OC)C2)nc2ccccc21. The van der Waals surface area contributed by atoms with Crippen LogP contribution >= 0.6 is 0 Å². The fourth-order valence-electron chi connectivity index (χ4n) is 4.90. The number of hydrogen-bond donors (Lipinski definition) is 1. The van der Waals surface area contributed by atoms with E-state index in [1.807, 2.05) is 23.1 Å². The number of aryl methyl sites for hydroxylation is 1. The number of imidazole rings is 1. The van der Waals surface area contributed by atoms with Crippen LogP contribution in [0.3, 0.4) is 0 Å². The molecule has 2 unspecified atom stereocenters. The Hall–Kier alpha value is -3.43. The zero-order valence-corrected chi connectivity index (χ0v) is 21.6. The molecule has 1 amide bonds. The first-order chi connectivity index (χ1) is 18.0. The molecule has 198 valence electrons. The Kier molecular flexibility index (Phi) is 9.14. The number of benzene rings is 2. The van der Waals surface area contributed by atoms with Gasteiger partial charge in [0.25, 0.3) is 0 Å². The maximum atomic E-state index is 13.2. The van der Waals surface area contributed by atoms with E-state index in [1.54, 1.807) is 31.4 Å². The standard InChI is InChI=1S/C28H36N4O5/c1-35-16-8-15-32-24-12-5-4-11-23(24)30-27(32)20-9-7-14-31(18-20)26(33)17-21(29)19-37-25-13-6-3-10-22(25)28(34)36-2/h3-6,10-13,20-21H,7-9,14-19,29H2,1-2H3. The van der Waals surface area contributed by atoms with Gasteiger partial charge in [-0.05, 0) is 43.5 Å². The summed E-state index contributed by atoms with van der Waals surface area (Å²) in [5.41, 5.74) is 8.68. The van der Waals surface area contributed by atoms with Gasteiger partial charge in [0.15, 0.2) is 0 Å². The summed E-state index contributed by atoms with van der Waals surface area (Å²) in [6, 6.07) is 14.5. The minimum absolute atomic E-state index is 0.00379. The lowest BCUT2D eigenvalue weighted by Crippen LogP contribution is -2.43. The quantitative estimate of drug-likeness (QED) is 0.312. The van der Waals surface area contributed by atoms with Crippen LogP contribution in [0.2, 0.25) is 0 Å². The van der Waals surface area contributed by atoms with E-state index in [2.05, 4.69) is 10.6 Å². The highest BCUT2D eigenvalue weighted by Gasteiger charge is 2.29. The first kappa shape index (κ1) is 26.6. The molecule has 9 heteroatoms. The number of nitrogens with two attached hydrogens (primary N) is 1. The lowest BCUT2D eigenvalue weighted by atomic mass is 9.96. The molecule has 4 rings (SSSR count). The van der Waals surface area contributed by atoms with Gasteiger partial charge in [-0.3, -0.25) is 4.79 Å². The van der Waals surface area contributed by atoms with Crippen molar-refractivity contribution in [3.05, 3.63) is 59.9 Å². The average Bonchev–Trinajstić information content (AvgIpc) is 3.30. The van der Waals surface area contributed by atoms with Gasteiger partial charge in [-0.15, -0.1) is 0 Å². The van der Waals surface area contributed by atoms with E-state index in [0.29, 0.717) is 31.0 Å². The molecule has 1 aliphatic heterocycles. The van der Waals surface area contributed by atoms with Crippen LogP contribution in [-0.2, 0) is 20.8 Å². The van der Waals surface area contributed by atoms with Gasteiger partial charge < -0.3 is 29.4 Å². The van der Waals surface area contributed by atoms with Gasteiger partial charge in [-0.25, -0.2) is 9.78 Å². The molecule has 2 atom stereocenters. The number of fused-ring (bicyclic) bond motifs is 1. The van der Waals surface area contributed by atoms with Crippen LogP contribution in [0.5, 0.6) is 5.75 Å². The fourth-order valence-corrected chi connectivity index (χ4v) is 4.90. The summed E-state index contributed by atoms with van der Waals surface area (Å²) >= 11 is 0. The Morgan fingerprint density at radius 1 is 1.14 bits per heavy atom. The summed E-state index contributed by atoms with van der Waals surface area (Å²) in [7, 11) is 3.04. The zero-order valence-electron chi connectivity index (χ0n) is 21.6. The van der Waals surface area contributed by atoms with E-state index in [0.717, 1.165) is 42.7 Å². The molecule has 37 heavy (non-hydrogen) atoms. The number of piperidine rings is 1. The van der Waals surface area contributed by atoms with Crippen LogP contribution in [0.1, 0.15) is 47.8 Å². The highest BCUT2D eigenvalue weighted by atomic mass is 16.5. The molecule has 9 nitrogen and oxygen atoms in total. The summed E-state index contributed by atoms with van der Waals surface area (Å²) in [5.74, 6) is 1.11. The van der Waals surface area contributed by atoms with Crippen LogP contribution in [0.15, 0.2) is 48.5 Å². The predicted molar refractivity (Wildman–Crippen MR) is 141 cm³/mol. The van der Waals surface area contributed by atoms with Crippen LogP contribution in [0.4, 0.5) is 0 Å². The topological polar surface area (TPSA) is 109 Å². The number of esters is 1. The lowest BCUT2D eigenvalue weighted by molar-refractivity contribution is -0.133. The van der Waals surface area contributed by atoms with E-state index in [9.17, 15) is 9.59 Å². The predicted octanol–water partition coefficient (Wildman–Crippen LogP) is 3.36. The van der Waals surface area contributed by atoms with Gasteiger partial charge in [-0.2, -0.15) is 0 Å². The monoisotopic (exact) mass is 508 g/mol. The smallest absolute Gasteiger partial charge is 0.341 e. The van der Waals surface area contributed by atoms with E-state index in [-0.39, 0.29) is 24.9 Å². The van der Waals surface area contributed by atoms with Gasteiger partial charge in [-0.1, -0.05) is 24.3 Å². The first-order valence-electron chi connectivity index (χ1n) is 12.8. The van der Waals surface area contributed by atoms with Crippen molar-refractivity contribution in [3.63, 3.8) is 0 Å². The number of carbonyl (C=O) groups excluding carboxylic acids is 2. The number of amides is 1. The third kappa shape index (κ3) is 6.47. The normalized spacial score (nSPS) is 16.5. The van der Waals surface area contributed by atoms with E-state index in [1.165, 1.54) is 7.11 Å². The molecular formula is C28H36N4O5. The summed E-state index contributed by atoms with van der Waals surface area (Å²) in [6.07, 6.45) is 2.96. The number of para-hydroxylation sites is 3. The number of rotatable bonds is 11. The lowest BCUT2D eigenvalue weighted by Gasteiger charge is -2.33. The van der Waals surface area contributed by atoms with Crippen molar-refractivity contribution in [1.29, 1.82) is 0 Å². The molecule has 2 aromatic carbocycles. The fraction of sp³-hybridized carbons (Fsp3) is 0.464. The van der Waals surface area contributed by atoms with Crippen molar-refractivity contribution in [1.82, 2.24) is 14.5 Å². The molecule has 3 aromatic rings. The van der Waals surface area contributed by atoms with Crippen LogP contribution in [0.25, 0.3) is 11.0 Å². The molecule has 1 saturated heterocycles. The summed E-state index contributed by atoms with van der Waals surface area (Å²) < 4.78 is 18.1. The number of methoxy groups -OCH3 is 2. The molecule has 2 N–H and O–H groups in total. The summed E-state index contributed by atoms with van der Waals surface area (Å²) in [5, 5.41) is 0. The van der Waals surface area contributed by atoms with Gasteiger partial charge in [0.1, 0.15) is 23.7 Å². The second-order valence-electron chi connectivity index (χ2n) is 9.40. The molecule has 2 heterocycles. The summed E-state index contributed by atoms with van der Waals surface area (Å²) in [4.78, 5) is 32.0. The van der Waals surface area contributed by atoms with Crippen molar-refractivity contribution in [2.24, 2.45) is 5.73 Å². The minimum atomic E-state index is -0.503. The maximum Gasteiger partial charge on any atom is 0.341 e. The van der Waals surface area contributed by atoms with E-state index >= 15 is 0 Å². The highest BCUT2D eigenvalue weighted by Crippen LogP contribution is 2.30. The van der Waals surface area contributed by atoms with Gasteiger partial charge >= 0.3 is 5.97 Å². The molecule has 1 fully saturated rings. The van der Waals surface area contributed by atoms with Crippen molar-refractivity contribution in [2.75, 3.05) is 40.5 Å². The molecule has 0 spiro atoms. The van der Waals surface area contributed by atoms with Crippen molar-refractivity contribution in [2.45, 2.75) is 44.2 Å². The Labute approximate surface area is 217 Å². The number of nitrogens with zero attached hydrogens (tertiary/aromatic N) is 3. The van der Waals surface area contributed by atoms with Crippen molar-refractivity contribution < 1.29 is 23.8 Å². The minimum Gasteiger partial charge on any atom is -0.491 e. The van der Waals surface area contributed by atoms with Gasteiger partial charge in [0, 0.05) is 51.7 Å². The Balaban J connectivity index is 1.39. The van der Waals surface area contributed by atoms with E-state index < -0.39 is 12.0 Å². The number of carbonyl (C=O) groups is 2. The summed E-state index contributed by atoms with van der Waals surface area (Å²) in [6.45, 7) is 2.95. The van der Waals surface area contributed by atoms with Gasteiger partial charge in [0.05, 0.1) is 18.1 Å². The third-order valence-corrected chi connectivity index (χ3v) is 6.74. The molecule has 0 saturated carbocycles. The third-order valence-electron chi connectivity index (χ3n) is 6.74. The van der Waals surface area contributed by atoms with Crippen LogP contribution < -0.4 is 10.5 Å². The number of aromatic nitrogens is 2. The molecule has 0 bridgehead atoms.